The van der Waals surface area contributed by atoms with Crippen LogP contribution in [0.4, 0.5) is 0 Å². The third kappa shape index (κ3) is 10.6. The van der Waals surface area contributed by atoms with Gasteiger partial charge >= 0.3 is 5.97 Å². The van der Waals surface area contributed by atoms with Gasteiger partial charge in [0.05, 0.1) is 6.04 Å². The van der Waals surface area contributed by atoms with Crippen molar-refractivity contribution in [3.05, 3.63) is 36.0 Å². The lowest BCUT2D eigenvalue weighted by Gasteiger charge is -2.24. The number of nitrogens with two attached hydrogens (primary N) is 4. The Morgan fingerprint density at radius 2 is 1.56 bits per heavy atom. The standard InChI is InChI=1S/C25H37N9O6S/c26-15(10-13-11-31-16-5-2-1-4-14(13)16)21(36)32-17(6-3-9-30-25(28)29)22(37)34-19(12-41)23(38)33-18(24(39)40)7-8-20(27)35/h1-2,4-5,11,15,17-19,31,41H,3,6-10,12,26H2,(H2,27,35)(H,32,36)(H,33,38)(H,34,37)(H,39,40)(H4,28,29,30). The van der Waals surface area contributed by atoms with Crippen molar-refractivity contribution >= 4 is 59.1 Å². The average Bonchev–Trinajstić information content (AvgIpc) is 3.32. The number of carboxylic acid groups (broad SMARTS) is 1. The zero-order chi connectivity index (χ0) is 30.5. The fraction of sp³-hybridized carbons (Fsp3) is 0.440. The Balaban J connectivity index is 2.10. The fourth-order valence-corrected chi connectivity index (χ4v) is 4.22. The number of para-hydroxylation sites is 1. The molecule has 15 nitrogen and oxygen atoms in total. The molecule has 0 saturated carbocycles. The van der Waals surface area contributed by atoms with E-state index in [1.54, 1.807) is 6.20 Å². The molecule has 0 radical (unpaired) electrons. The van der Waals surface area contributed by atoms with E-state index >= 15 is 0 Å². The molecule has 224 valence electrons. The normalized spacial score (nSPS) is 13.8. The Hall–Kier alpha value is -4.31. The second-order valence-electron chi connectivity index (χ2n) is 9.33. The van der Waals surface area contributed by atoms with Gasteiger partial charge in [-0.3, -0.25) is 24.2 Å². The topological polar surface area (TPSA) is 274 Å². The number of rotatable bonds is 17. The maximum absolute atomic E-state index is 13.2. The molecule has 2 rings (SSSR count). The molecule has 1 heterocycles. The van der Waals surface area contributed by atoms with Crippen molar-refractivity contribution in [1.29, 1.82) is 0 Å². The van der Waals surface area contributed by atoms with Crippen LogP contribution in [0.3, 0.4) is 0 Å². The molecule has 0 aliphatic rings. The highest BCUT2D eigenvalue weighted by Gasteiger charge is 2.30. The highest BCUT2D eigenvalue weighted by Crippen LogP contribution is 2.19. The van der Waals surface area contributed by atoms with Gasteiger partial charge in [-0.1, -0.05) is 18.2 Å². The molecular formula is C25H37N9O6S. The number of benzene rings is 1. The van der Waals surface area contributed by atoms with E-state index in [0.29, 0.717) is 6.42 Å². The Morgan fingerprint density at radius 3 is 2.20 bits per heavy atom. The van der Waals surface area contributed by atoms with E-state index in [0.717, 1.165) is 16.5 Å². The van der Waals surface area contributed by atoms with Crippen LogP contribution in [0.25, 0.3) is 10.9 Å². The summed E-state index contributed by atoms with van der Waals surface area (Å²) in [5.41, 5.74) is 23.7. The first kappa shape index (κ1) is 32.9. The molecule has 16 heteroatoms. The summed E-state index contributed by atoms with van der Waals surface area (Å²) in [6.45, 7) is 0.181. The van der Waals surface area contributed by atoms with Crippen LogP contribution in [-0.2, 0) is 30.4 Å². The number of nitrogens with one attached hydrogen (secondary N) is 4. The number of carbonyl (C=O) groups excluding carboxylic acids is 4. The molecule has 0 spiro atoms. The van der Waals surface area contributed by atoms with E-state index < -0.39 is 53.8 Å². The molecule has 4 atom stereocenters. The average molecular weight is 592 g/mol. The van der Waals surface area contributed by atoms with Crippen LogP contribution in [0.1, 0.15) is 31.2 Å². The van der Waals surface area contributed by atoms with Crippen molar-refractivity contribution < 1.29 is 29.1 Å². The summed E-state index contributed by atoms with van der Waals surface area (Å²) >= 11 is 4.09. The molecule has 0 fully saturated rings. The van der Waals surface area contributed by atoms with Crippen molar-refractivity contribution in [2.24, 2.45) is 27.9 Å². The lowest BCUT2D eigenvalue weighted by Crippen LogP contribution is -2.57. The minimum absolute atomic E-state index is 0.103. The number of primary amides is 1. The number of aromatic nitrogens is 1. The quantitative estimate of drug-likeness (QED) is 0.0414. The summed E-state index contributed by atoms with van der Waals surface area (Å²) in [5.74, 6) is -4.58. The Bertz CT molecular complexity index is 1260. The van der Waals surface area contributed by atoms with Gasteiger partial charge in [0, 0.05) is 35.8 Å². The Labute approximate surface area is 241 Å². The number of hydrogen-bond donors (Lipinski definition) is 10. The molecule has 2 aromatic rings. The summed E-state index contributed by atoms with van der Waals surface area (Å²) < 4.78 is 0. The molecule has 13 N–H and O–H groups in total. The molecule has 1 aromatic heterocycles. The number of thiol groups is 1. The largest absolute Gasteiger partial charge is 0.480 e. The van der Waals surface area contributed by atoms with Gasteiger partial charge in [-0.05, 0) is 37.3 Å². The van der Waals surface area contributed by atoms with E-state index in [1.165, 1.54) is 0 Å². The van der Waals surface area contributed by atoms with Gasteiger partial charge in [-0.25, -0.2) is 4.79 Å². The second-order valence-corrected chi connectivity index (χ2v) is 9.69. The summed E-state index contributed by atoms with van der Waals surface area (Å²) in [6, 6.07) is 2.77. The molecule has 1 aromatic carbocycles. The lowest BCUT2D eigenvalue weighted by molar-refractivity contribution is -0.142. The molecule has 4 amide bonds. The van der Waals surface area contributed by atoms with Gasteiger partial charge in [0.2, 0.25) is 23.6 Å². The predicted octanol–water partition coefficient (Wildman–Crippen LogP) is -2.17. The number of carboxylic acids is 1. The number of H-pyrrole nitrogens is 1. The number of aromatic amines is 1. The van der Waals surface area contributed by atoms with E-state index in [2.05, 4.69) is 38.6 Å². The van der Waals surface area contributed by atoms with Gasteiger partial charge in [0.15, 0.2) is 5.96 Å². The summed E-state index contributed by atoms with van der Waals surface area (Å²) in [5, 5.41) is 17.6. The van der Waals surface area contributed by atoms with Crippen molar-refractivity contribution in [2.75, 3.05) is 12.3 Å². The number of aliphatic imine (C=N–C) groups is 1. The maximum atomic E-state index is 13.2. The van der Waals surface area contributed by atoms with Crippen LogP contribution < -0.4 is 38.9 Å². The van der Waals surface area contributed by atoms with Crippen LogP contribution in [0.15, 0.2) is 35.5 Å². The van der Waals surface area contributed by atoms with E-state index in [-0.39, 0.29) is 43.9 Å². The smallest absolute Gasteiger partial charge is 0.326 e. The van der Waals surface area contributed by atoms with Crippen molar-refractivity contribution in [3.8, 4) is 0 Å². The third-order valence-electron chi connectivity index (χ3n) is 6.14. The van der Waals surface area contributed by atoms with Crippen molar-refractivity contribution in [1.82, 2.24) is 20.9 Å². The van der Waals surface area contributed by atoms with Crippen LogP contribution in [0.5, 0.6) is 0 Å². The molecule has 0 saturated heterocycles. The third-order valence-corrected chi connectivity index (χ3v) is 6.50. The predicted molar refractivity (Wildman–Crippen MR) is 156 cm³/mol. The Morgan fingerprint density at radius 1 is 0.927 bits per heavy atom. The number of aliphatic carboxylic acids is 1. The van der Waals surface area contributed by atoms with Crippen molar-refractivity contribution in [2.45, 2.75) is 56.3 Å². The van der Waals surface area contributed by atoms with E-state index in [4.69, 9.17) is 22.9 Å². The number of hydrogen-bond acceptors (Lipinski definition) is 8. The highest BCUT2D eigenvalue weighted by molar-refractivity contribution is 7.80. The van der Waals surface area contributed by atoms with Crippen LogP contribution in [-0.4, -0.2) is 82.1 Å². The molecular weight excluding hydrogens is 554 g/mol. The van der Waals surface area contributed by atoms with Gasteiger partial charge < -0.3 is 49.0 Å². The molecule has 0 bridgehead atoms. The van der Waals surface area contributed by atoms with Crippen LogP contribution >= 0.6 is 12.6 Å². The summed E-state index contributed by atoms with van der Waals surface area (Å²) in [4.78, 5) is 68.4. The molecule has 0 aliphatic heterocycles. The maximum Gasteiger partial charge on any atom is 0.326 e. The van der Waals surface area contributed by atoms with Crippen molar-refractivity contribution in [3.63, 3.8) is 0 Å². The number of nitrogens with zero attached hydrogens (tertiary/aromatic N) is 1. The zero-order valence-electron chi connectivity index (χ0n) is 22.3. The highest BCUT2D eigenvalue weighted by atomic mass is 32.1. The van der Waals surface area contributed by atoms with Gasteiger partial charge in [-0.2, -0.15) is 12.6 Å². The van der Waals surface area contributed by atoms with E-state index in [1.807, 2.05) is 24.3 Å². The lowest BCUT2D eigenvalue weighted by atomic mass is 10.0. The summed E-state index contributed by atoms with van der Waals surface area (Å²) in [6.07, 6.45) is 1.87. The number of carbonyl (C=O) groups is 5. The monoisotopic (exact) mass is 591 g/mol. The fourth-order valence-electron chi connectivity index (χ4n) is 3.96. The number of guanidine groups is 1. The first-order valence-corrected chi connectivity index (χ1v) is 13.4. The van der Waals surface area contributed by atoms with Gasteiger partial charge in [0.1, 0.15) is 18.1 Å². The Kier molecular flexibility index (Phi) is 12.9. The molecule has 41 heavy (non-hydrogen) atoms. The molecule has 0 aliphatic carbocycles. The van der Waals surface area contributed by atoms with Crippen LogP contribution in [0, 0.1) is 0 Å². The zero-order valence-corrected chi connectivity index (χ0v) is 23.2. The SMILES string of the molecule is NC(=O)CCC(NC(=O)C(CS)NC(=O)C(CCCN=C(N)N)NC(=O)C(N)Cc1c[nH]c2ccccc12)C(=O)O. The second kappa shape index (κ2) is 16.1. The number of fused-ring (bicyclic) bond motifs is 1. The minimum atomic E-state index is -1.41. The van der Waals surface area contributed by atoms with Crippen LogP contribution in [0.2, 0.25) is 0 Å². The first-order chi connectivity index (χ1) is 19.4. The number of amides is 4. The van der Waals surface area contributed by atoms with Gasteiger partial charge in [0.25, 0.3) is 0 Å². The van der Waals surface area contributed by atoms with E-state index in [9.17, 15) is 29.1 Å². The summed E-state index contributed by atoms with van der Waals surface area (Å²) in [7, 11) is 0. The van der Waals surface area contributed by atoms with Gasteiger partial charge in [-0.15, -0.1) is 0 Å². The minimum Gasteiger partial charge on any atom is -0.480 e. The molecule has 4 unspecified atom stereocenters. The first-order valence-electron chi connectivity index (χ1n) is 12.8.